The van der Waals surface area contributed by atoms with Gasteiger partial charge in [-0.25, -0.2) is 0 Å². The third-order valence-corrected chi connectivity index (χ3v) is 6.23. The molecule has 1 aliphatic heterocycles. The van der Waals surface area contributed by atoms with Crippen molar-refractivity contribution in [2.45, 2.75) is 38.1 Å². The van der Waals surface area contributed by atoms with E-state index in [-0.39, 0.29) is 24.8 Å². The van der Waals surface area contributed by atoms with Gasteiger partial charge >= 0.3 is 0 Å². The van der Waals surface area contributed by atoms with Gasteiger partial charge < -0.3 is 10.4 Å². The lowest BCUT2D eigenvalue weighted by Gasteiger charge is -2.41. The Morgan fingerprint density at radius 1 is 1.00 bits per heavy atom. The van der Waals surface area contributed by atoms with E-state index in [9.17, 15) is 5.11 Å². The van der Waals surface area contributed by atoms with Gasteiger partial charge in [0.25, 0.3) is 0 Å². The van der Waals surface area contributed by atoms with E-state index in [1.54, 1.807) is 0 Å². The van der Waals surface area contributed by atoms with Crippen molar-refractivity contribution < 1.29 is 5.11 Å². The molecule has 0 amide bonds. The maximum absolute atomic E-state index is 10.0. The van der Waals surface area contributed by atoms with Crippen molar-refractivity contribution in [2.75, 3.05) is 26.2 Å². The van der Waals surface area contributed by atoms with Crippen LogP contribution in [-0.4, -0.2) is 36.2 Å². The first-order chi connectivity index (χ1) is 10.7. The van der Waals surface area contributed by atoms with Crippen molar-refractivity contribution in [3.8, 4) is 5.75 Å². The number of aromatic hydroxyl groups is 1. The van der Waals surface area contributed by atoms with Crippen LogP contribution in [0.25, 0.3) is 0 Å². The molecule has 138 valence electrons. The predicted molar refractivity (Wildman–Crippen MR) is 112 cm³/mol. The van der Waals surface area contributed by atoms with Gasteiger partial charge in [-0.05, 0) is 68.3 Å². The predicted octanol–water partition coefficient (Wildman–Crippen LogP) is 5.29. The molecule has 1 heterocycles. The maximum Gasteiger partial charge on any atom is 0.143 e. The van der Waals surface area contributed by atoms with E-state index in [4.69, 9.17) is 0 Å². The molecule has 0 aromatic heterocycles. The molecule has 7 heteroatoms. The van der Waals surface area contributed by atoms with Crippen molar-refractivity contribution in [1.82, 2.24) is 10.2 Å². The van der Waals surface area contributed by atoms with Crippen LogP contribution in [0.1, 0.15) is 43.7 Å². The summed E-state index contributed by atoms with van der Waals surface area (Å²) in [6.07, 6.45) is 6.74. The van der Waals surface area contributed by atoms with E-state index in [1.165, 1.54) is 37.7 Å². The zero-order chi connectivity index (χ0) is 15.5. The van der Waals surface area contributed by atoms with Crippen LogP contribution >= 0.6 is 56.7 Å². The van der Waals surface area contributed by atoms with Gasteiger partial charge in [-0.15, -0.1) is 24.8 Å². The van der Waals surface area contributed by atoms with E-state index >= 15 is 0 Å². The summed E-state index contributed by atoms with van der Waals surface area (Å²) in [6.45, 7) is 4.36. The van der Waals surface area contributed by atoms with Gasteiger partial charge in [-0.3, -0.25) is 4.90 Å². The Morgan fingerprint density at radius 3 is 2.08 bits per heavy atom. The molecule has 1 saturated heterocycles. The van der Waals surface area contributed by atoms with Gasteiger partial charge in [0, 0.05) is 32.2 Å². The zero-order valence-corrected chi connectivity index (χ0v) is 18.4. The second-order valence-corrected chi connectivity index (χ2v) is 8.17. The third-order valence-electron chi connectivity index (χ3n) is 5.02. The number of rotatable bonds is 3. The number of nitrogens with one attached hydrogen (secondary N) is 1. The van der Waals surface area contributed by atoms with Gasteiger partial charge in [0.15, 0.2) is 0 Å². The number of phenols is 1. The van der Waals surface area contributed by atoms with Crippen molar-refractivity contribution in [2.24, 2.45) is 5.92 Å². The molecule has 0 spiro atoms. The van der Waals surface area contributed by atoms with Crippen LogP contribution < -0.4 is 5.32 Å². The highest BCUT2D eigenvalue weighted by Gasteiger charge is 2.31. The number of benzene rings is 1. The molecule has 3 nitrogen and oxygen atoms in total. The Bertz CT molecular complexity index is 480. The second kappa shape index (κ2) is 10.6. The minimum atomic E-state index is 0. The van der Waals surface area contributed by atoms with E-state index in [0.717, 1.165) is 41.0 Å². The lowest BCUT2D eigenvalue weighted by Crippen LogP contribution is -2.47. The fourth-order valence-corrected chi connectivity index (χ4v) is 5.17. The molecule has 1 aromatic rings. The van der Waals surface area contributed by atoms with Crippen LogP contribution in [0.2, 0.25) is 0 Å². The van der Waals surface area contributed by atoms with Crippen LogP contribution in [-0.2, 0) is 0 Å². The van der Waals surface area contributed by atoms with Gasteiger partial charge in [-0.2, -0.15) is 0 Å². The van der Waals surface area contributed by atoms with Crippen LogP contribution in [0.5, 0.6) is 5.75 Å². The summed E-state index contributed by atoms with van der Waals surface area (Å²) in [6, 6.07) is 4.69. The zero-order valence-electron chi connectivity index (χ0n) is 13.6. The number of phenolic OH excluding ortho intramolecular Hbond substituents is 1. The van der Waals surface area contributed by atoms with Crippen molar-refractivity contribution in [3.63, 3.8) is 0 Å². The Labute approximate surface area is 174 Å². The summed E-state index contributed by atoms with van der Waals surface area (Å²) in [5, 5.41) is 13.5. The first kappa shape index (κ1) is 22.5. The van der Waals surface area contributed by atoms with Gasteiger partial charge in [-0.1, -0.05) is 19.3 Å². The van der Waals surface area contributed by atoms with Crippen molar-refractivity contribution in [1.29, 1.82) is 0 Å². The summed E-state index contributed by atoms with van der Waals surface area (Å²) < 4.78 is 1.57. The third kappa shape index (κ3) is 5.24. The standard InChI is InChI=1S/C17H24Br2N2O.2ClH/c18-14-10-13(11-15(19)17(14)22)16(12-4-2-1-3-5-12)21-8-6-20-7-9-21;;/h10-12,16,20,22H,1-9H2;2*1H/t16-;;/m1../s1. The molecular formula is C17H26Br2Cl2N2O. The number of halogens is 4. The molecule has 0 unspecified atom stereocenters. The largest absolute Gasteiger partial charge is 0.506 e. The Morgan fingerprint density at radius 2 is 1.54 bits per heavy atom. The van der Waals surface area contributed by atoms with Gasteiger partial charge in [0.05, 0.1) is 8.95 Å². The number of nitrogens with zero attached hydrogens (tertiary/aromatic N) is 1. The second-order valence-electron chi connectivity index (χ2n) is 6.46. The highest BCUT2D eigenvalue weighted by molar-refractivity contribution is 9.11. The number of hydrogen-bond acceptors (Lipinski definition) is 3. The molecule has 0 bridgehead atoms. The highest BCUT2D eigenvalue weighted by Crippen LogP contribution is 2.42. The molecule has 3 rings (SSSR count). The minimum Gasteiger partial charge on any atom is -0.506 e. The Balaban J connectivity index is 0.00000144. The van der Waals surface area contributed by atoms with Crippen LogP contribution in [0.3, 0.4) is 0 Å². The smallest absolute Gasteiger partial charge is 0.143 e. The number of piperazine rings is 1. The van der Waals surface area contributed by atoms with E-state index < -0.39 is 0 Å². The van der Waals surface area contributed by atoms with E-state index in [1.807, 2.05) is 0 Å². The lowest BCUT2D eigenvalue weighted by atomic mass is 9.80. The maximum atomic E-state index is 10.0. The Hall–Kier alpha value is 0.480. The molecule has 1 aromatic carbocycles. The molecule has 2 aliphatic rings. The van der Waals surface area contributed by atoms with Gasteiger partial charge in [0.1, 0.15) is 5.75 Å². The van der Waals surface area contributed by atoms with Crippen LogP contribution in [0.4, 0.5) is 0 Å². The molecule has 1 atom stereocenters. The molecule has 1 saturated carbocycles. The lowest BCUT2D eigenvalue weighted by molar-refractivity contribution is 0.103. The molecule has 1 aliphatic carbocycles. The first-order valence-corrected chi connectivity index (χ1v) is 9.88. The summed E-state index contributed by atoms with van der Waals surface area (Å²) in [5.41, 5.74) is 1.32. The molecule has 24 heavy (non-hydrogen) atoms. The van der Waals surface area contributed by atoms with Crippen molar-refractivity contribution >= 4 is 56.7 Å². The van der Waals surface area contributed by atoms with Gasteiger partial charge in [0.2, 0.25) is 0 Å². The normalized spacial score (nSPS) is 20.8. The SMILES string of the molecule is Cl.Cl.Oc1c(Br)cc([C@@H](C2CCCCC2)N2CCNCC2)cc1Br. The minimum absolute atomic E-state index is 0. The Kier molecular flexibility index (Phi) is 9.93. The molecular weight excluding hydrogens is 479 g/mol. The first-order valence-electron chi connectivity index (χ1n) is 8.29. The molecule has 2 N–H and O–H groups in total. The van der Waals surface area contributed by atoms with Crippen LogP contribution in [0.15, 0.2) is 21.1 Å². The summed E-state index contributed by atoms with van der Waals surface area (Å²) in [4.78, 5) is 2.64. The monoisotopic (exact) mass is 502 g/mol. The summed E-state index contributed by atoms with van der Waals surface area (Å²) in [7, 11) is 0. The fourth-order valence-electron chi connectivity index (χ4n) is 3.95. The quantitative estimate of drug-likeness (QED) is 0.587. The highest BCUT2D eigenvalue weighted by atomic mass is 79.9. The summed E-state index contributed by atoms with van der Waals surface area (Å²) in [5.74, 6) is 1.03. The van der Waals surface area contributed by atoms with Crippen molar-refractivity contribution in [3.05, 3.63) is 26.6 Å². The topological polar surface area (TPSA) is 35.5 Å². The van der Waals surface area contributed by atoms with E-state index in [0.29, 0.717) is 11.8 Å². The average Bonchev–Trinajstić information content (AvgIpc) is 2.55. The average molecular weight is 505 g/mol. The molecule has 2 fully saturated rings. The summed E-state index contributed by atoms with van der Waals surface area (Å²) >= 11 is 7.00. The number of hydrogen-bond donors (Lipinski definition) is 2. The molecule has 0 radical (unpaired) electrons. The van der Waals surface area contributed by atoms with Crippen LogP contribution in [0, 0.1) is 5.92 Å². The fraction of sp³-hybridized carbons (Fsp3) is 0.647. The van der Waals surface area contributed by atoms with E-state index in [2.05, 4.69) is 54.2 Å².